The first kappa shape index (κ1) is 23.0. The van der Waals surface area contributed by atoms with E-state index in [1.807, 2.05) is 62.1 Å². The Morgan fingerprint density at radius 3 is 2.40 bits per heavy atom. The number of aromatic nitrogens is 1. The maximum absolute atomic E-state index is 13.5. The Kier molecular flexibility index (Phi) is 6.01. The summed E-state index contributed by atoms with van der Waals surface area (Å²) in [6.45, 7) is 7.14. The zero-order valence-corrected chi connectivity index (χ0v) is 20.8. The molecule has 5 rings (SSSR count). The summed E-state index contributed by atoms with van der Waals surface area (Å²) in [7, 11) is 1.69. The summed E-state index contributed by atoms with van der Waals surface area (Å²) in [5.74, 6) is 1.79. The van der Waals surface area contributed by atoms with Crippen LogP contribution in [-0.4, -0.2) is 29.4 Å². The molecule has 0 saturated heterocycles. The van der Waals surface area contributed by atoms with Crippen molar-refractivity contribution in [2.45, 2.75) is 39.8 Å². The minimum absolute atomic E-state index is 0.147. The molecule has 0 unspecified atom stereocenters. The van der Waals surface area contributed by atoms with Gasteiger partial charge in [-0.2, -0.15) is 0 Å². The Hall–Kier alpha value is -3.73. The van der Waals surface area contributed by atoms with Gasteiger partial charge in [-0.05, 0) is 53.4 Å². The molecular weight excluding hydrogens is 436 g/mol. The molecule has 1 aromatic heterocycles. The third-order valence-corrected chi connectivity index (χ3v) is 6.68. The van der Waals surface area contributed by atoms with Crippen LogP contribution in [0.1, 0.15) is 49.2 Å². The number of nitrogens with zero attached hydrogens (tertiary/aromatic N) is 1. The van der Waals surface area contributed by atoms with Crippen molar-refractivity contribution in [3.63, 3.8) is 0 Å². The molecule has 1 aliphatic heterocycles. The van der Waals surface area contributed by atoms with Gasteiger partial charge in [0.25, 0.3) is 0 Å². The molecule has 3 aromatic carbocycles. The topological polar surface area (TPSA) is 54.6 Å². The van der Waals surface area contributed by atoms with E-state index in [9.17, 15) is 4.79 Å². The average Bonchev–Trinajstić information content (AvgIpc) is 3.24. The molecule has 35 heavy (non-hydrogen) atoms. The van der Waals surface area contributed by atoms with Gasteiger partial charge in [0.15, 0.2) is 0 Å². The number of fused-ring (bicyclic) bond motifs is 3. The van der Waals surface area contributed by atoms with Crippen LogP contribution in [-0.2, 0) is 17.8 Å². The van der Waals surface area contributed by atoms with Crippen LogP contribution in [0.25, 0.3) is 10.9 Å². The number of nitrogens with one attached hydrogen (secondary N) is 1. The van der Waals surface area contributed by atoms with Crippen LogP contribution in [0.3, 0.4) is 0 Å². The quantitative estimate of drug-likeness (QED) is 0.375. The van der Waals surface area contributed by atoms with E-state index in [-0.39, 0.29) is 11.9 Å². The summed E-state index contributed by atoms with van der Waals surface area (Å²) >= 11 is 0. The maximum atomic E-state index is 13.5. The van der Waals surface area contributed by atoms with Gasteiger partial charge in [0.2, 0.25) is 5.91 Å². The van der Waals surface area contributed by atoms with Crippen molar-refractivity contribution in [2.75, 3.05) is 13.7 Å². The molecule has 5 nitrogen and oxygen atoms in total. The second-order valence-corrected chi connectivity index (χ2v) is 10.2. The summed E-state index contributed by atoms with van der Waals surface area (Å²) in [5, 5.41) is 1.16. The Morgan fingerprint density at radius 2 is 1.71 bits per heavy atom. The molecule has 4 aromatic rings. The van der Waals surface area contributed by atoms with Gasteiger partial charge >= 0.3 is 0 Å². The Morgan fingerprint density at radius 1 is 1.00 bits per heavy atom. The normalized spacial score (nSPS) is 15.7. The molecule has 1 aliphatic rings. The molecule has 0 radical (unpaired) electrons. The fourth-order valence-corrected chi connectivity index (χ4v) is 4.88. The fourth-order valence-electron chi connectivity index (χ4n) is 4.88. The lowest BCUT2D eigenvalue weighted by molar-refractivity contribution is -0.141. The number of aromatic amines is 1. The highest BCUT2D eigenvalue weighted by atomic mass is 16.5. The van der Waals surface area contributed by atoms with Crippen molar-refractivity contribution in [1.29, 1.82) is 0 Å². The molecule has 1 N–H and O–H groups in total. The second-order valence-electron chi connectivity index (χ2n) is 10.2. The van der Waals surface area contributed by atoms with E-state index in [0.717, 1.165) is 45.6 Å². The average molecular weight is 469 g/mol. The predicted molar refractivity (Wildman–Crippen MR) is 139 cm³/mol. The van der Waals surface area contributed by atoms with Crippen LogP contribution in [0.4, 0.5) is 0 Å². The van der Waals surface area contributed by atoms with E-state index in [2.05, 4.69) is 41.4 Å². The van der Waals surface area contributed by atoms with Crippen molar-refractivity contribution in [3.8, 4) is 11.5 Å². The molecule has 180 valence electrons. The van der Waals surface area contributed by atoms with Crippen molar-refractivity contribution in [1.82, 2.24) is 9.88 Å². The lowest BCUT2D eigenvalue weighted by Gasteiger charge is -2.39. The van der Waals surface area contributed by atoms with E-state index >= 15 is 0 Å². The highest BCUT2D eigenvalue weighted by Crippen LogP contribution is 2.41. The number of carbonyl (C=O) groups is 1. The number of carbonyl (C=O) groups excluding carboxylic acids is 1. The minimum atomic E-state index is -0.469. The van der Waals surface area contributed by atoms with Crippen molar-refractivity contribution >= 4 is 16.8 Å². The molecule has 0 saturated carbocycles. The van der Waals surface area contributed by atoms with Crippen LogP contribution in [0, 0.1) is 5.41 Å². The molecule has 0 bridgehead atoms. The number of H-pyrrole nitrogens is 1. The third kappa shape index (κ3) is 4.51. The second kappa shape index (κ2) is 9.14. The van der Waals surface area contributed by atoms with Crippen molar-refractivity contribution < 1.29 is 14.3 Å². The van der Waals surface area contributed by atoms with Gasteiger partial charge in [-0.1, -0.05) is 63.2 Å². The number of hydrogen-bond acceptors (Lipinski definition) is 3. The largest absolute Gasteiger partial charge is 0.497 e. The van der Waals surface area contributed by atoms with Gasteiger partial charge in [0.05, 0.1) is 13.2 Å². The number of amides is 1. The minimum Gasteiger partial charge on any atom is -0.497 e. The Bertz CT molecular complexity index is 1330. The molecule has 0 fully saturated rings. The van der Waals surface area contributed by atoms with Crippen LogP contribution in [0.5, 0.6) is 11.5 Å². The van der Waals surface area contributed by atoms with Gasteiger partial charge in [-0.3, -0.25) is 4.79 Å². The zero-order chi connectivity index (χ0) is 24.6. The zero-order valence-electron chi connectivity index (χ0n) is 20.8. The van der Waals surface area contributed by atoms with E-state index < -0.39 is 5.41 Å². The Balaban J connectivity index is 1.51. The summed E-state index contributed by atoms with van der Waals surface area (Å²) in [6, 6.07) is 24.2. The molecule has 5 heteroatoms. The summed E-state index contributed by atoms with van der Waals surface area (Å²) < 4.78 is 11.5. The van der Waals surface area contributed by atoms with Gasteiger partial charge in [0.1, 0.15) is 18.1 Å². The highest BCUT2D eigenvalue weighted by molar-refractivity contribution is 5.88. The van der Waals surface area contributed by atoms with Gasteiger partial charge < -0.3 is 19.4 Å². The van der Waals surface area contributed by atoms with Crippen LogP contribution >= 0.6 is 0 Å². The molecule has 2 heterocycles. The van der Waals surface area contributed by atoms with Crippen molar-refractivity contribution in [2.24, 2.45) is 5.41 Å². The number of rotatable bonds is 5. The summed E-state index contributed by atoms with van der Waals surface area (Å²) in [6.07, 6.45) is 0.805. The molecular formula is C30H32N2O3. The first-order valence-electron chi connectivity index (χ1n) is 12.1. The van der Waals surface area contributed by atoms with E-state index in [0.29, 0.717) is 13.2 Å². The molecule has 0 spiro atoms. The third-order valence-electron chi connectivity index (χ3n) is 6.68. The van der Waals surface area contributed by atoms with E-state index in [1.54, 1.807) is 7.11 Å². The smallest absolute Gasteiger partial charge is 0.228 e. The van der Waals surface area contributed by atoms with Crippen molar-refractivity contribution in [3.05, 3.63) is 95.2 Å². The summed E-state index contributed by atoms with van der Waals surface area (Å²) in [5.41, 5.74) is 5.12. The monoisotopic (exact) mass is 468 g/mol. The molecule has 1 amide bonds. The van der Waals surface area contributed by atoms with Crippen LogP contribution in [0.15, 0.2) is 72.8 Å². The number of hydrogen-bond donors (Lipinski definition) is 1. The van der Waals surface area contributed by atoms with Gasteiger partial charge in [-0.15, -0.1) is 0 Å². The number of benzene rings is 3. The first-order valence-corrected chi connectivity index (χ1v) is 12.1. The lowest BCUT2D eigenvalue weighted by atomic mass is 9.88. The number of methoxy groups -OCH3 is 1. The van der Waals surface area contributed by atoms with Gasteiger partial charge in [0, 0.05) is 28.6 Å². The maximum Gasteiger partial charge on any atom is 0.228 e. The standard InChI is InChI=1S/C30H32N2O3/c1-30(2,3)29(33)32-17-16-24-25-18-23(34-4)14-15-26(25)31-27(24)28(32)21-10-12-22(13-11-21)35-19-20-8-6-5-7-9-20/h5-15,18,28,31H,16-17,19H2,1-4H3/t28-/m0/s1. The SMILES string of the molecule is COc1ccc2[nH]c3c(c2c1)CCN(C(=O)C(C)(C)C)[C@H]3c1ccc(OCc2ccccc2)cc1. The van der Waals surface area contributed by atoms with E-state index in [1.165, 1.54) is 5.56 Å². The Labute approximate surface area is 206 Å². The van der Waals surface area contributed by atoms with E-state index in [4.69, 9.17) is 9.47 Å². The van der Waals surface area contributed by atoms with Crippen LogP contribution in [0.2, 0.25) is 0 Å². The molecule has 1 atom stereocenters. The first-order chi connectivity index (χ1) is 16.8. The van der Waals surface area contributed by atoms with Crippen LogP contribution < -0.4 is 9.47 Å². The fraction of sp³-hybridized carbons (Fsp3) is 0.300. The predicted octanol–water partition coefficient (Wildman–Crippen LogP) is 6.28. The highest BCUT2D eigenvalue weighted by Gasteiger charge is 2.38. The lowest BCUT2D eigenvalue weighted by Crippen LogP contribution is -2.45. The summed E-state index contributed by atoms with van der Waals surface area (Å²) in [4.78, 5) is 19.2. The van der Waals surface area contributed by atoms with Gasteiger partial charge in [-0.25, -0.2) is 0 Å². The number of ether oxygens (including phenoxy) is 2. The molecule has 0 aliphatic carbocycles.